The first-order valence-electron chi connectivity index (χ1n) is 36.0. The summed E-state index contributed by atoms with van der Waals surface area (Å²) in [4.78, 5) is 35.4. The largest absolute Gasteiger partial charge is 0.472 e. The Morgan fingerprint density at radius 1 is 0.366 bits per heavy atom. The molecule has 10 heteroatoms. The summed E-state index contributed by atoms with van der Waals surface area (Å²) in [6.45, 7) is 3.80. The molecule has 0 aromatic carbocycles. The van der Waals surface area contributed by atoms with Crippen molar-refractivity contribution < 1.29 is 37.6 Å². The maximum atomic E-state index is 12.8. The van der Waals surface area contributed by atoms with Crippen molar-refractivity contribution in [2.75, 3.05) is 26.4 Å². The van der Waals surface area contributed by atoms with Crippen molar-refractivity contribution in [1.82, 2.24) is 0 Å². The van der Waals surface area contributed by atoms with Crippen LogP contribution < -0.4 is 5.73 Å². The van der Waals surface area contributed by atoms with Gasteiger partial charge in [0.05, 0.1) is 13.2 Å². The van der Waals surface area contributed by atoms with Crippen LogP contribution in [-0.4, -0.2) is 49.3 Å². The zero-order chi connectivity index (χ0) is 59.4. The van der Waals surface area contributed by atoms with Gasteiger partial charge in [-0.25, -0.2) is 4.57 Å². The van der Waals surface area contributed by atoms with E-state index in [0.29, 0.717) is 6.42 Å². The van der Waals surface area contributed by atoms with E-state index in [-0.39, 0.29) is 38.6 Å². The summed E-state index contributed by atoms with van der Waals surface area (Å²) >= 11 is 0. The summed E-state index contributed by atoms with van der Waals surface area (Å²) in [5.74, 6) is -0.809. The van der Waals surface area contributed by atoms with Crippen LogP contribution in [0.15, 0.2) is 36.5 Å². The van der Waals surface area contributed by atoms with Crippen molar-refractivity contribution in [2.24, 2.45) is 5.73 Å². The second-order valence-electron chi connectivity index (χ2n) is 24.5. The third kappa shape index (κ3) is 67.4. The number of hydrogen-bond donors (Lipinski definition) is 2. The first kappa shape index (κ1) is 80.2. The van der Waals surface area contributed by atoms with Gasteiger partial charge in [0.15, 0.2) is 6.10 Å². The minimum Gasteiger partial charge on any atom is -0.462 e. The van der Waals surface area contributed by atoms with Crippen molar-refractivity contribution in [1.29, 1.82) is 0 Å². The molecule has 0 rings (SSSR count). The Bertz CT molecular complexity index is 1440. The molecule has 0 aromatic rings. The minimum absolute atomic E-state index is 0.0548. The van der Waals surface area contributed by atoms with Crippen molar-refractivity contribution in [3.05, 3.63) is 36.5 Å². The lowest BCUT2D eigenvalue weighted by molar-refractivity contribution is -0.161. The average Bonchev–Trinajstić information content (AvgIpc) is 3.49. The summed E-state index contributed by atoms with van der Waals surface area (Å²) in [5.41, 5.74) is 5.40. The number of hydrogen-bond acceptors (Lipinski definition) is 8. The fraction of sp³-hybridized carbons (Fsp3) is 0.889. The molecule has 0 aliphatic rings. The Hall–Kier alpha value is -1.77. The number of unbranched alkanes of at least 4 members (excludes halogenated alkanes) is 50. The highest BCUT2D eigenvalue weighted by Gasteiger charge is 2.26. The van der Waals surface area contributed by atoms with Gasteiger partial charge in [-0.3, -0.25) is 18.6 Å². The van der Waals surface area contributed by atoms with Crippen LogP contribution in [0.2, 0.25) is 0 Å². The Labute approximate surface area is 509 Å². The summed E-state index contributed by atoms with van der Waals surface area (Å²) in [7, 11) is -4.39. The quantitative estimate of drug-likeness (QED) is 0.0264. The lowest BCUT2D eigenvalue weighted by Crippen LogP contribution is -2.29. The van der Waals surface area contributed by atoms with E-state index in [1.165, 1.54) is 295 Å². The van der Waals surface area contributed by atoms with Crippen LogP contribution in [0.1, 0.15) is 380 Å². The monoisotopic (exact) mass is 1180 g/mol. The molecule has 0 saturated heterocycles. The number of nitrogens with two attached hydrogens (primary N) is 1. The SMILES string of the molecule is CCCCCCC/C=C\C/C=C\C/C=C\CCCCCCCCCCCCCCC(=O)OC(COC(=O)CCCCCCCCCCCCCCCCCCCCCCCCCCCCCCCCCCCC)COP(=O)(O)OCCN. The van der Waals surface area contributed by atoms with Gasteiger partial charge in [-0.1, -0.05) is 352 Å². The number of allylic oxidation sites excluding steroid dienone is 6. The molecule has 0 aliphatic heterocycles. The summed E-state index contributed by atoms with van der Waals surface area (Å²) in [6.07, 6.45) is 85.4. The van der Waals surface area contributed by atoms with Gasteiger partial charge in [0.1, 0.15) is 6.61 Å². The second-order valence-corrected chi connectivity index (χ2v) is 25.9. The Morgan fingerprint density at radius 2 is 0.634 bits per heavy atom. The molecular weight excluding hydrogens is 1040 g/mol. The first-order chi connectivity index (χ1) is 40.3. The smallest absolute Gasteiger partial charge is 0.462 e. The van der Waals surface area contributed by atoms with E-state index in [0.717, 1.165) is 51.4 Å². The Morgan fingerprint density at radius 3 is 0.939 bits per heavy atom. The van der Waals surface area contributed by atoms with Gasteiger partial charge >= 0.3 is 19.8 Å². The van der Waals surface area contributed by atoms with Crippen molar-refractivity contribution >= 4 is 19.8 Å². The fourth-order valence-corrected chi connectivity index (χ4v) is 11.7. The van der Waals surface area contributed by atoms with Crippen LogP contribution in [-0.2, 0) is 32.7 Å². The number of ether oxygens (including phenoxy) is 2. The Balaban J connectivity index is 3.81. The summed E-state index contributed by atoms with van der Waals surface area (Å²) in [6, 6.07) is 0. The molecule has 0 amide bonds. The predicted molar refractivity (Wildman–Crippen MR) is 354 cm³/mol. The molecule has 2 unspecified atom stereocenters. The van der Waals surface area contributed by atoms with Gasteiger partial charge in [0.2, 0.25) is 0 Å². The molecule has 0 radical (unpaired) electrons. The molecule has 2 atom stereocenters. The van der Waals surface area contributed by atoms with Crippen molar-refractivity contribution in [2.45, 2.75) is 386 Å². The maximum Gasteiger partial charge on any atom is 0.472 e. The molecule has 9 nitrogen and oxygen atoms in total. The molecule has 0 fully saturated rings. The topological polar surface area (TPSA) is 134 Å². The first-order valence-corrected chi connectivity index (χ1v) is 37.5. The lowest BCUT2D eigenvalue weighted by Gasteiger charge is -2.19. The van der Waals surface area contributed by atoms with E-state index in [2.05, 4.69) is 50.3 Å². The van der Waals surface area contributed by atoms with Gasteiger partial charge < -0.3 is 20.1 Å². The van der Waals surface area contributed by atoms with Crippen LogP contribution >= 0.6 is 7.82 Å². The van der Waals surface area contributed by atoms with E-state index in [1.807, 2.05) is 0 Å². The molecule has 0 aliphatic carbocycles. The lowest BCUT2D eigenvalue weighted by atomic mass is 10.0. The van der Waals surface area contributed by atoms with Crippen molar-refractivity contribution in [3.63, 3.8) is 0 Å². The maximum absolute atomic E-state index is 12.8. The molecule has 0 spiro atoms. The molecule has 484 valence electrons. The summed E-state index contributed by atoms with van der Waals surface area (Å²) < 4.78 is 33.2. The van der Waals surface area contributed by atoms with E-state index in [4.69, 9.17) is 24.3 Å². The number of phosphoric ester groups is 1. The fourth-order valence-electron chi connectivity index (χ4n) is 10.9. The van der Waals surface area contributed by atoms with Gasteiger partial charge in [-0.2, -0.15) is 0 Å². The molecule has 0 heterocycles. The molecule has 0 bridgehead atoms. The third-order valence-corrected chi connectivity index (χ3v) is 17.3. The zero-order valence-corrected chi connectivity index (χ0v) is 55.4. The average molecular weight is 1180 g/mol. The van der Waals surface area contributed by atoms with Crippen molar-refractivity contribution in [3.8, 4) is 0 Å². The number of carbonyl (C=O) groups excluding carboxylic acids is 2. The third-order valence-electron chi connectivity index (χ3n) is 16.3. The van der Waals surface area contributed by atoms with E-state index in [1.54, 1.807) is 0 Å². The number of esters is 2. The van der Waals surface area contributed by atoms with Crippen LogP contribution in [0.25, 0.3) is 0 Å². The van der Waals surface area contributed by atoms with E-state index < -0.39 is 26.5 Å². The second kappa shape index (κ2) is 68.3. The van der Waals surface area contributed by atoms with Gasteiger partial charge in [-0.05, 0) is 51.4 Å². The van der Waals surface area contributed by atoms with Crippen LogP contribution in [0.4, 0.5) is 0 Å². The number of rotatable bonds is 69. The minimum atomic E-state index is -4.39. The molecular formula is C72H138NO8P. The molecule has 0 saturated carbocycles. The highest BCUT2D eigenvalue weighted by molar-refractivity contribution is 7.47. The van der Waals surface area contributed by atoms with E-state index in [9.17, 15) is 19.0 Å². The number of carbonyl (C=O) groups is 2. The van der Waals surface area contributed by atoms with Crippen LogP contribution in [0.5, 0.6) is 0 Å². The highest BCUT2D eigenvalue weighted by atomic mass is 31.2. The van der Waals surface area contributed by atoms with Gasteiger partial charge in [-0.15, -0.1) is 0 Å². The predicted octanol–water partition coefficient (Wildman–Crippen LogP) is 23.5. The highest BCUT2D eigenvalue weighted by Crippen LogP contribution is 2.43. The normalized spacial score (nSPS) is 13.1. The van der Waals surface area contributed by atoms with Crippen LogP contribution in [0.3, 0.4) is 0 Å². The van der Waals surface area contributed by atoms with Gasteiger partial charge in [0.25, 0.3) is 0 Å². The molecule has 0 aromatic heterocycles. The van der Waals surface area contributed by atoms with Crippen LogP contribution in [0, 0.1) is 0 Å². The van der Waals surface area contributed by atoms with E-state index >= 15 is 0 Å². The standard InChI is InChI=1S/C72H138NO8P/c1-3-5-7-9-11-13-15-17-19-21-23-25-27-29-31-32-33-34-35-36-37-39-40-42-44-46-48-50-52-54-56-58-60-62-64-71(74)78-68-70(69-80-82(76,77)79-67-66-73)81-72(75)65-63-61-59-57-55-53-51-49-47-45-43-41-38-30-28-26-24-22-20-18-16-14-12-10-8-6-4-2/h16,18,22,24,28,30,70H,3-15,17,19-21,23,25-27,29,31-69,73H2,1-2H3,(H,76,77)/b18-16-,24-22-,30-28-. The zero-order valence-electron chi connectivity index (χ0n) is 54.5. The molecule has 3 N–H and O–H groups in total. The Kier molecular flexibility index (Phi) is 66.9. The number of phosphoric acid groups is 1. The summed E-state index contributed by atoms with van der Waals surface area (Å²) in [5, 5.41) is 0. The van der Waals surface area contributed by atoms with Gasteiger partial charge in [0, 0.05) is 19.4 Å². The molecule has 82 heavy (non-hydrogen) atoms.